The fraction of sp³-hybridized carbons (Fsp3) is 0.250. The number of hydrogen-bond acceptors (Lipinski definition) is 0. The largest absolute Gasteiger partial charge is 4.00 e. The Morgan fingerprint density at radius 3 is 1.78 bits per heavy atom. The average molecular weight is 477 g/mol. The number of halogens is 2. The summed E-state index contributed by atoms with van der Waals surface area (Å²) in [5, 5.41) is 5.41. The molecule has 0 heterocycles. The van der Waals surface area contributed by atoms with E-state index in [2.05, 4.69) is 90.1 Å². The number of rotatable bonds is 0. The smallest absolute Gasteiger partial charge is 1.00 e. The number of aryl methyl sites for hydroxylation is 1. The summed E-state index contributed by atoms with van der Waals surface area (Å²) in [4.78, 5) is 0. The van der Waals surface area contributed by atoms with Gasteiger partial charge in [-0.3, -0.25) is 0 Å². The zero-order valence-corrected chi connectivity index (χ0v) is 20.8. The van der Waals surface area contributed by atoms with Crippen LogP contribution in [0.4, 0.5) is 0 Å². The summed E-state index contributed by atoms with van der Waals surface area (Å²) in [6.07, 6.45) is 0. The maximum atomic E-state index is 2.26. The van der Waals surface area contributed by atoms with Gasteiger partial charge in [-0.15, -0.1) is 28.5 Å². The molecule has 0 aromatic heterocycles. The standard InChI is InChI=1S/C14H11.C10H15.2ClH.Zr/c1-10-8-12-7-6-11-4-2-3-5-13(11)14(12)9-10;1-6-7(2)9(4)10(5)8(6)3;;;/h2-9H,1H3;1-5H3;2*1H;/q2*-1;;;+4/p-2. The first kappa shape index (κ1) is 26.1. The maximum Gasteiger partial charge on any atom is 4.00 e. The summed E-state index contributed by atoms with van der Waals surface area (Å²) in [6.45, 7) is 13.1. The maximum absolute atomic E-state index is 2.26. The van der Waals surface area contributed by atoms with Crippen LogP contribution in [0.25, 0.3) is 21.5 Å². The molecule has 0 amide bonds. The Bertz CT molecular complexity index is 942. The monoisotopic (exact) mass is 474 g/mol. The molecule has 27 heavy (non-hydrogen) atoms. The third kappa shape index (κ3) is 5.14. The first-order chi connectivity index (χ1) is 11.4. The Morgan fingerprint density at radius 2 is 1.26 bits per heavy atom. The van der Waals surface area contributed by atoms with Crippen molar-refractivity contribution in [2.24, 2.45) is 0 Å². The number of hydrogen-bond donors (Lipinski definition) is 0. The van der Waals surface area contributed by atoms with Crippen LogP contribution in [-0.2, 0) is 26.2 Å². The van der Waals surface area contributed by atoms with Crippen molar-refractivity contribution in [3.8, 4) is 0 Å². The normalized spacial score (nSPS) is 9.70. The van der Waals surface area contributed by atoms with Crippen LogP contribution in [0, 0.1) is 41.5 Å². The van der Waals surface area contributed by atoms with Gasteiger partial charge in [0.1, 0.15) is 0 Å². The minimum absolute atomic E-state index is 0. The fourth-order valence-corrected chi connectivity index (χ4v) is 3.52. The van der Waals surface area contributed by atoms with Gasteiger partial charge in [-0.1, -0.05) is 82.6 Å². The molecule has 0 atom stereocenters. The van der Waals surface area contributed by atoms with E-state index >= 15 is 0 Å². The fourth-order valence-electron chi connectivity index (χ4n) is 3.52. The topological polar surface area (TPSA) is 0 Å². The Hall–Kier alpha value is -0.877. The second-order valence-electron chi connectivity index (χ2n) is 6.95. The van der Waals surface area contributed by atoms with Crippen molar-refractivity contribution in [1.29, 1.82) is 0 Å². The van der Waals surface area contributed by atoms with E-state index in [0.29, 0.717) is 0 Å². The van der Waals surface area contributed by atoms with Crippen molar-refractivity contribution in [2.75, 3.05) is 0 Å². The minimum atomic E-state index is 0. The van der Waals surface area contributed by atoms with Crippen LogP contribution in [0.3, 0.4) is 0 Å². The van der Waals surface area contributed by atoms with E-state index in [9.17, 15) is 0 Å². The molecule has 4 aromatic carbocycles. The molecule has 0 saturated heterocycles. The molecule has 0 nitrogen and oxygen atoms in total. The van der Waals surface area contributed by atoms with Crippen LogP contribution in [0.1, 0.15) is 33.4 Å². The quantitative estimate of drug-likeness (QED) is 0.332. The molecule has 0 bridgehead atoms. The number of fused-ring (bicyclic) bond motifs is 3. The predicted octanol–water partition coefficient (Wildman–Crippen LogP) is 0.973. The van der Waals surface area contributed by atoms with Gasteiger partial charge in [0.2, 0.25) is 0 Å². The Morgan fingerprint density at radius 1 is 0.741 bits per heavy atom. The summed E-state index contributed by atoms with van der Waals surface area (Å²) >= 11 is 0. The van der Waals surface area contributed by atoms with Crippen molar-refractivity contribution < 1.29 is 51.0 Å². The van der Waals surface area contributed by atoms with Crippen molar-refractivity contribution in [1.82, 2.24) is 0 Å². The van der Waals surface area contributed by atoms with Crippen molar-refractivity contribution in [3.63, 3.8) is 0 Å². The molecule has 140 valence electrons. The van der Waals surface area contributed by atoms with Gasteiger partial charge in [-0.25, -0.2) is 0 Å². The second kappa shape index (κ2) is 10.6. The Kier molecular flexibility index (Phi) is 10.3. The summed E-state index contributed by atoms with van der Waals surface area (Å²) in [6, 6.07) is 17.4. The molecular weight excluding hydrogens is 450 g/mol. The van der Waals surface area contributed by atoms with Gasteiger partial charge in [0.15, 0.2) is 0 Å². The predicted molar refractivity (Wildman–Crippen MR) is 108 cm³/mol. The molecule has 0 unspecified atom stereocenters. The Balaban J connectivity index is 0.000000473. The number of benzene rings is 2. The third-order valence-electron chi connectivity index (χ3n) is 5.57. The third-order valence-corrected chi connectivity index (χ3v) is 5.57. The summed E-state index contributed by atoms with van der Waals surface area (Å²) < 4.78 is 0. The van der Waals surface area contributed by atoms with Gasteiger partial charge in [0.05, 0.1) is 0 Å². The molecule has 0 aliphatic carbocycles. The SMILES string of the molecule is Cc1c(C)c(C)[c-](C)c1C.Cc1cc2ccc3ccccc3c2[cH-]1.[Cl-].[Cl-].[Zr+4]. The molecule has 4 rings (SSSR count). The minimum Gasteiger partial charge on any atom is -1.00 e. The van der Waals surface area contributed by atoms with Crippen LogP contribution < -0.4 is 24.8 Å². The van der Waals surface area contributed by atoms with Crippen LogP contribution in [0.2, 0.25) is 0 Å². The van der Waals surface area contributed by atoms with E-state index in [1.807, 2.05) is 0 Å². The zero-order chi connectivity index (χ0) is 17.4. The zero-order valence-electron chi connectivity index (χ0n) is 16.9. The van der Waals surface area contributed by atoms with Gasteiger partial charge >= 0.3 is 26.2 Å². The van der Waals surface area contributed by atoms with Gasteiger partial charge < -0.3 is 24.8 Å². The first-order valence-corrected chi connectivity index (χ1v) is 8.64. The van der Waals surface area contributed by atoms with E-state index in [4.69, 9.17) is 0 Å². The van der Waals surface area contributed by atoms with Gasteiger partial charge in [0.25, 0.3) is 0 Å². The van der Waals surface area contributed by atoms with E-state index in [1.54, 1.807) is 0 Å². The molecule has 3 heteroatoms. The van der Waals surface area contributed by atoms with E-state index in [-0.39, 0.29) is 51.0 Å². The van der Waals surface area contributed by atoms with Gasteiger partial charge in [0, 0.05) is 0 Å². The van der Waals surface area contributed by atoms with E-state index < -0.39 is 0 Å². The van der Waals surface area contributed by atoms with Gasteiger partial charge in [-0.2, -0.15) is 33.9 Å². The van der Waals surface area contributed by atoms with Crippen LogP contribution >= 0.6 is 0 Å². The molecule has 0 N–H and O–H groups in total. The Labute approximate surface area is 195 Å². The van der Waals surface area contributed by atoms with Crippen LogP contribution in [0.5, 0.6) is 0 Å². The van der Waals surface area contributed by atoms with Gasteiger partial charge in [-0.05, 0) is 0 Å². The van der Waals surface area contributed by atoms with Crippen molar-refractivity contribution >= 4 is 21.5 Å². The van der Waals surface area contributed by atoms with Crippen molar-refractivity contribution in [2.45, 2.75) is 41.5 Å². The summed E-state index contributed by atoms with van der Waals surface area (Å²) in [7, 11) is 0. The molecule has 0 aliphatic heterocycles. The van der Waals surface area contributed by atoms with E-state index in [0.717, 1.165) is 0 Å². The second-order valence-corrected chi connectivity index (χ2v) is 6.95. The van der Waals surface area contributed by atoms with E-state index in [1.165, 1.54) is 54.9 Å². The molecular formula is C24H26Cl2Zr. The van der Waals surface area contributed by atoms with Crippen LogP contribution in [-0.4, -0.2) is 0 Å². The molecule has 0 aliphatic rings. The molecule has 0 fully saturated rings. The molecule has 0 spiro atoms. The first-order valence-electron chi connectivity index (χ1n) is 8.64. The summed E-state index contributed by atoms with van der Waals surface area (Å²) in [5.74, 6) is 0. The summed E-state index contributed by atoms with van der Waals surface area (Å²) in [5.41, 5.74) is 8.68. The molecule has 0 saturated carbocycles. The molecule has 0 radical (unpaired) electrons. The van der Waals surface area contributed by atoms with Crippen LogP contribution in [0.15, 0.2) is 48.5 Å². The van der Waals surface area contributed by atoms with Crippen molar-refractivity contribution in [3.05, 3.63) is 81.9 Å². The average Bonchev–Trinajstić information content (AvgIpc) is 3.05. The molecule has 4 aromatic rings.